The Labute approximate surface area is 90.1 Å². The van der Waals surface area contributed by atoms with Crippen LogP contribution in [0.4, 0.5) is 5.69 Å². The third-order valence-electron chi connectivity index (χ3n) is 2.33. The van der Waals surface area contributed by atoms with E-state index in [2.05, 4.69) is 4.98 Å². The van der Waals surface area contributed by atoms with E-state index in [0.717, 1.165) is 5.69 Å². The van der Waals surface area contributed by atoms with Gasteiger partial charge >= 0.3 is 0 Å². The molecule has 1 aromatic rings. The topological polar surface area (TPSA) is 59.2 Å². The van der Waals surface area contributed by atoms with Crippen molar-refractivity contribution in [2.45, 2.75) is 13.8 Å². The Morgan fingerprint density at radius 3 is 2.60 bits per heavy atom. The average Bonchev–Trinajstić information content (AvgIpc) is 2.30. The van der Waals surface area contributed by atoms with E-state index in [9.17, 15) is 4.79 Å². The van der Waals surface area contributed by atoms with Crippen molar-refractivity contribution < 1.29 is 4.79 Å². The second-order valence-corrected chi connectivity index (χ2v) is 3.42. The highest BCUT2D eigenvalue weighted by molar-refractivity contribution is 5.94. The smallest absolute Gasteiger partial charge is 0.231 e. The van der Waals surface area contributed by atoms with Crippen LogP contribution in [0, 0.1) is 5.92 Å². The Morgan fingerprint density at radius 1 is 1.53 bits per heavy atom. The molecule has 0 radical (unpaired) electrons. The van der Waals surface area contributed by atoms with Gasteiger partial charge in [-0.1, -0.05) is 6.92 Å². The van der Waals surface area contributed by atoms with Crippen LogP contribution in [0.1, 0.15) is 13.8 Å². The molecule has 0 aliphatic heterocycles. The standard InChI is InChI=1S/C11H17N3O/c1-3-14(11(15)9(2)8-12)10-4-6-13-7-5-10/h4-7,9H,3,8,12H2,1-2H3. The van der Waals surface area contributed by atoms with Crippen molar-refractivity contribution in [1.82, 2.24) is 4.98 Å². The molecule has 4 nitrogen and oxygen atoms in total. The number of hydrogen-bond donors (Lipinski definition) is 1. The lowest BCUT2D eigenvalue weighted by Crippen LogP contribution is -2.37. The fraction of sp³-hybridized carbons (Fsp3) is 0.455. The molecule has 0 aliphatic carbocycles. The highest BCUT2D eigenvalue weighted by Gasteiger charge is 2.18. The van der Waals surface area contributed by atoms with Gasteiger partial charge in [-0.2, -0.15) is 0 Å². The van der Waals surface area contributed by atoms with Crippen LogP contribution in [0.15, 0.2) is 24.5 Å². The van der Waals surface area contributed by atoms with Gasteiger partial charge in [-0.25, -0.2) is 0 Å². The highest BCUT2D eigenvalue weighted by Crippen LogP contribution is 2.14. The summed E-state index contributed by atoms with van der Waals surface area (Å²) in [6.45, 7) is 4.81. The molecule has 15 heavy (non-hydrogen) atoms. The summed E-state index contributed by atoms with van der Waals surface area (Å²) >= 11 is 0. The molecule has 0 bridgehead atoms. The summed E-state index contributed by atoms with van der Waals surface area (Å²) in [4.78, 5) is 17.6. The molecule has 1 rings (SSSR count). The minimum absolute atomic E-state index is 0.0613. The van der Waals surface area contributed by atoms with Crippen molar-refractivity contribution >= 4 is 11.6 Å². The number of amides is 1. The maximum absolute atomic E-state index is 11.9. The van der Waals surface area contributed by atoms with Crippen molar-refractivity contribution in [1.29, 1.82) is 0 Å². The third-order valence-corrected chi connectivity index (χ3v) is 2.33. The maximum atomic E-state index is 11.9. The Hall–Kier alpha value is -1.42. The van der Waals surface area contributed by atoms with Crippen LogP contribution in [-0.4, -0.2) is 24.0 Å². The number of nitrogens with zero attached hydrogens (tertiary/aromatic N) is 2. The molecule has 82 valence electrons. The van der Waals surface area contributed by atoms with Crippen LogP contribution in [-0.2, 0) is 4.79 Å². The Bertz CT molecular complexity index is 313. The first-order valence-electron chi connectivity index (χ1n) is 5.12. The molecule has 1 atom stereocenters. The SMILES string of the molecule is CCN(C(=O)C(C)CN)c1ccncc1. The molecule has 1 amide bonds. The molecule has 0 aliphatic rings. The minimum atomic E-state index is -0.141. The quantitative estimate of drug-likeness (QED) is 0.802. The number of pyridine rings is 1. The Balaban J connectivity index is 2.85. The highest BCUT2D eigenvalue weighted by atomic mass is 16.2. The van der Waals surface area contributed by atoms with E-state index < -0.39 is 0 Å². The molecule has 0 spiro atoms. The van der Waals surface area contributed by atoms with Crippen molar-refractivity contribution in [3.63, 3.8) is 0 Å². The van der Waals surface area contributed by atoms with Crippen molar-refractivity contribution in [2.75, 3.05) is 18.0 Å². The first-order chi connectivity index (χ1) is 7.20. The summed E-state index contributed by atoms with van der Waals surface area (Å²) < 4.78 is 0. The molecule has 1 unspecified atom stereocenters. The first-order valence-corrected chi connectivity index (χ1v) is 5.12. The largest absolute Gasteiger partial charge is 0.330 e. The van der Waals surface area contributed by atoms with Crippen LogP contribution in [0.3, 0.4) is 0 Å². The van der Waals surface area contributed by atoms with E-state index in [0.29, 0.717) is 13.1 Å². The zero-order chi connectivity index (χ0) is 11.3. The Kier molecular flexibility index (Phi) is 4.24. The fourth-order valence-corrected chi connectivity index (χ4v) is 1.36. The minimum Gasteiger partial charge on any atom is -0.330 e. The molecule has 1 heterocycles. The van der Waals surface area contributed by atoms with Crippen LogP contribution in [0.2, 0.25) is 0 Å². The number of carbonyl (C=O) groups excluding carboxylic acids is 1. The number of hydrogen-bond acceptors (Lipinski definition) is 3. The molecule has 2 N–H and O–H groups in total. The monoisotopic (exact) mass is 207 g/mol. The van der Waals surface area contributed by atoms with Gasteiger partial charge in [0.05, 0.1) is 0 Å². The summed E-state index contributed by atoms with van der Waals surface area (Å²) in [5.74, 6) is -0.0793. The summed E-state index contributed by atoms with van der Waals surface area (Å²) in [6, 6.07) is 3.65. The van der Waals surface area contributed by atoms with Gasteiger partial charge in [-0.3, -0.25) is 9.78 Å². The molecule has 0 aromatic carbocycles. The van der Waals surface area contributed by atoms with Gasteiger partial charge in [0.25, 0.3) is 0 Å². The fourth-order valence-electron chi connectivity index (χ4n) is 1.36. The second-order valence-electron chi connectivity index (χ2n) is 3.42. The van der Waals surface area contributed by atoms with Gasteiger partial charge in [0, 0.05) is 37.1 Å². The summed E-state index contributed by atoms with van der Waals surface area (Å²) in [7, 11) is 0. The van der Waals surface area contributed by atoms with E-state index >= 15 is 0 Å². The van der Waals surface area contributed by atoms with Gasteiger partial charge in [-0.15, -0.1) is 0 Å². The summed E-state index contributed by atoms with van der Waals surface area (Å²) in [6.07, 6.45) is 3.36. The second kappa shape index (κ2) is 5.46. The van der Waals surface area contributed by atoms with Crippen molar-refractivity contribution in [3.8, 4) is 0 Å². The normalized spacial score (nSPS) is 12.2. The molecule has 0 saturated heterocycles. The lowest BCUT2D eigenvalue weighted by atomic mass is 10.1. The van der Waals surface area contributed by atoms with E-state index in [1.807, 2.05) is 26.0 Å². The maximum Gasteiger partial charge on any atom is 0.231 e. The van der Waals surface area contributed by atoms with Crippen molar-refractivity contribution in [2.24, 2.45) is 11.7 Å². The zero-order valence-corrected chi connectivity index (χ0v) is 9.18. The molecular formula is C11H17N3O. The zero-order valence-electron chi connectivity index (χ0n) is 9.18. The van der Waals surface area contributed by atoms with Gasteiger partial charge in [0.1, 0.15) is 0 Å². The number of carbonyl (C=O) groups is 1. The number of aromatic nitrogens is 1. The lowest BCUT2D eigenvalue weighted by molar-refractivity contribution is -0.121. The summed E-state index contributed by atoms with van der Waals surface area (Å²) in [5, 5.41) is 0. The molecule has 0 fully saturated rings. The van der Waals surface area contributed by atoms with Gasteiger partial charge < -0.3 is 10.6 Å². The van der Waals surface area contributed by atoms with Crippen LogP contribution >= 0.6 is 0 Å². The van der Waals surface area contributed by atoms with Crippen LogP contribution < -0.4 is 10.6 Å². The van der Waals surface area contributed by atoms with E-state index in [1.165, 1.54) is 0 Å². The Morgan fingerprint density at radius 2 is 2.13 bits per heavy atom. The van der Waals surface area contributed by atoms with E-state index in [1.54, 1.807) is 17.3 Å². The van der Waals surface area contributed by atoms with Crippen LogP contribution in [0.25, 0.3) is 0 Å². The van der Waals surface area contributed by atoms with Crippen LogP contribution in [0.5, 0.6) is 0 Å². The molecule has 1 aromatic heterocycles. The predicted molar refractivity (Wildman–Crippen MR) is 60.5 cm³/mol. The molecule has 4 heteroatoms. The number of anilines is 1. The van der Waals surface area contributed by atoms with Gasteiger partial charge in [0.2, 0.25) is 5.91 Å². The third kappa shape index (κ3) is 2.76. The number of nitrogens with two attached hydrogens (primary N) is 1. The summed E-state index contributed by atoms with van der Waals surface area (Å²) in [5.41, 5.74) is 6.36. The van der Waals surface area contributed by atoms with E-state index in [-0.39, 0.29) is 11.8 Å². The first kappa shape index (κ1) is 11.7. The average molecular weight is 207 g/mol. The molecular weight excluding hydrogens is 190 g/mol. The number of rotatable bonds is 4. The lowest BCUT2D eigenvalue weighted by Gasteiger charge is -2.23. The van der Waals surface area contributed by atoms with Crippen molar-refractivity contribution in [3.05, 3.63) is 24.5 Å². The van der Waals surface area contributed by atoms with Gasteiger partial charge in [-0.05, 0) is 19.1 Å². The van der Waals surface area contributed by atoms with Gasteiger partial charge in [0.15, 0.2) is 0 Å². The predicted octanol–water partition coefficient (Wildman–Crippen LogP) is 1.03. The molecule has 0 saturated carbocycles. The van der Waals surface area contributed by atoms with E-state index in [4.69, 9.17) is 5.73 Å².